The Morgan fingerprint density at radius 3 is 2.33 bits per heavy atom. The van der Waals surface area contributed by atoms with Crippen molar-refractivity contribution >= 4 is 15.9 Å². The molecule has 72 valence electrons. The minimum Gasteiger partial charge on any atom is -0.115 e. The lowest BCUT2D eigenvalue weighted by atomic mass is 10.0. The van der Waals surface area contributed by atoms with Gasteiger partial charge in [-0.05, 0) is 35.4 Å². The van der Waals surface area contributed by atoms with Gasteiger partial charge in [-0.1, -0.05) is 46.1 Å². The number of terminal acetylenes is 1. The van der Waals surface area contributed by atoms with Crippen molar-refractivity contribution in [2.45, 2.75) is 0 Å². The maximum absolute atomic E-state index is 5.36. The minimum atomic E-state index is 0.912. The molecule has 0 bridgehead atoms. The van der Waals surface area contributed by atoms with E-state index in [-0.39, 0.29) is 0 Å². The van der Waals surface area contributed by atoms with Crippen LogP contribution in [0.5, 0.6) is 0 Å². The minimum absolute atomic E-state index is 0.912. The molecule has 0 saturated carbocycles. The predicted molar refractivity (Wildman–Crippen MR) is 67.5 cm³/mol. The maximum atomic E-state index is 5.36. The Kier molecular flexibility index (Phi) is 2.89. The molecule has 0 amide bonds. The van der Waals surface area contributed by atoms with E-state index >= 15 is 0 Å². The third kappa shape index (κ3) is 2.29. The molecule has 1 heteroatoms. The van der Waals surface area contributed by atoms with E-state index in [1.807, 2.05) is 30.3 Å². The van der Waals surface area contributed by atoms with Crippen molar-refractivity contribution < 1.29 is 0 Å². The topological polar surface area (TPSA) is 0 Å². The van der Waals surface area contributed by atoms with Crippen molar-refractivity contribution in [3.63, 3.8) is 0 Å². The van der Waals surface area contributed by atoms with Crippen molar-refractivity contribution in [2.24, 2.45) is 0 Å². The van der Waals surface area contributed by atoms with E-state index in [2.05, 4.69) is 40.0 Å². The predicted octanol–water partition coefficient (Wildman–Crippen LogP) is 4.10. The van der Waals surface area contributed by atoms with Gasteiger partial charge in [-0.2, -0.15) is 0 Å². The Bertz CT molecular complexity index is 504. The van der Waals surface area contributed by atoms with Gasteiger partial charge in [0, 0.05) is 10.0 Å². The summed E-state index contributed by atoms with van der Waals surface area (Å²) in [6, 6.07) is 16.2. The molecule has 0 aliphatic rings. The van der Waals surface area contributed by atoms with Gasteiger partial charge in [-0.15, -0.1) is 6.42 Å². The van der Waals surface area contributed by atoms with E-state index < -0.39 is 0 Å². The third-order valence-electron chi connectivity index (χ3n) is 2.21. The van der Waals surface area contributed by atoms with E-state index in [1.165, 1.54) is 5.56 Å². The SMILES string of the molecule is C#Cc1cccc(-c2ccc(Br)cc2)c1. The first-order chi connectivity index (χ1) is 7.29. The van der Waals surface area contributed by atoms with Gasteiger partial charge in [0.05, 0.1) is 0 Å². The molecule has 0 unspecified atom stereocenters. The molecular formula is C14H9Br. The second kappa shape index (κ2) is 4.33. The lowest BCUT2D eigenvalue weighted by Gasteiger charge is -2.02. The number of benzene rings is 2. The number of rotatable bonds is 1. The van der Waals surface area contributed by atoms with Crippen molar-refractivity contribution in [3.05, 3.63) is 58.6 Å². The standard InChI is InChI=1S/C14H9Br/c1-2-11-4-3-5-13(10-11)12-6-8-14(15)9-7-12/h1,3-10H. The first kappa shape index (κ1) is 10.0. The summed E-state index contributed by atoms with van der Waals surface area (Å²) in [6.45, 7) is 0. The molecular weight excluding hydrogens is 248 g/mol. The van der Waals surface area contributed by atoms with Gasteiger partial charge in [-0.3, -0.25) is 0 Å². The molecule has 0 aromatic heterocycles. The van der Waals surface area contributed by atoms with Crippen LogP contribution in [0.25, 0.3) is 11.1 Å². The molecule has 0 atom stereocenters. The van der Waals surface area contributed by atoms with Gasteiger partial charge in [0.25, 0.3) is 0 Å². The fourth-order valence-electron chi connectivity index (χ4n) is 1.43. The van der Waals surface area contributed by atoms with Crippen molar-refractivity contribution in [3.8, 4) is 23.5 Å². The number of hydrogen-bond acceptors (Lipinski definition) is 0. The molecule has 2 aromatic rings. The van der Waals surface area contributed by atoms with Gasteiger partial charge in [-0.25, -0.2) is 0 Å². The first-order valence-electron chi connectivity index (χ1n) is 4.62. The summed E-state index contributed by atoms with van der Waals surface area (Å²) in [7, 11) is 0. The maximum Gasteiger partial charge on any atom is 0.0248 e. The summed E-state index contributed by atoms with van der Waals surface area (Å²) >= 11 is 3.41. The smallest absolute Gasteiger partial charge is 0.0248 e. The van der Waals surface area contributed by atoms with E-state index in [1.54, 1.807) is 0 Å². The third-order valence-corrected chi connectivity index (χ3v) is 2.74. The molecule has 15 heavy (non-hydrogen) atoms. The molecule has 0 aliphatic carbocycles. The van der Waals surface area contributed by atoms with Gasteiger partial charge in [0.1, 0.15) is 0 Å². The van der Waals surface area contributed by atoms with Crippen LogP contribution in [0.3, 0.4) is 0 Å². The zero-order chi connectivity index (χ0) is 10.7. The van der Waals surface area contributed by atoms with Crippen molar-refractivity contribution in [2.75, 3.05) is 0 Å². The summed E-state index contributed by atoms with van der Waals surface area (Å²) in [5.74, 6) is 2.64. The first-order valence-corrected chi connectivity index (χ1v) is 5.41. The fraction of sp³-hybridized carbons (Fsp3) is 0. The quantitative estimate of drug-likeness (QED) is 0.675. The van der Waals surface area contributed by atoms with E-state index in [0.717, 1.165) is 15.6 Å². The highest BCUT2D eigenvalue weighted by atomic mass is 79.9. The summed E-state index contributed by atoms with van der Waals surface area (Å²) in [5.41, 5.74) is 3.24. The average molecular weight is 257 g/mol. The summed E-state index contributed by atoms with van der Waals surface area (Å²) in [6.07, 6.45) is 5.36. The van der Waals surface area contributed by atoms with Crippen LogP contribution in [0.15, 0.2) is 53.0 Å². The second-order valence-electron chi connectivity index (χ2n) is 3.23. The molecule has 2 aromatic carbocycles. The van der Waals surface area contributed by atoms with E-state index in [9.17, 15) is 0 Å². The Hall–Kier alpha value is -1.52. The molecule has 0 fully saturated rings. The van der Waals surface area contributed by atoms with E-state index in [4.69, 9.17) is 6.42 Å². The van der Waals surface area contributed by atoms with E-state index in [0.29, 0.717) is 0 Å². The highest BCUT2D eigenvalue weighted by molar-refractivity contribution is 9.10. The van der Waals surface area contributed by atoms with Crippen LogP contribution in [-0.2, 0) is 0 Å². The number of hydrogen-bond donors (Lipinski definition) is 0. The van der Waals surface area contributed by atoms with Crippen LogP contribution in [0, 0.1) is 12.3 Å². The molecule has 0 aliphatic heterocycles. The monoisotopic (exact) mass is 256 g/mol. The molecule has 0 heterocycles. The highest BCUT2D eigenvalue weighted by Crippen LogP contribution is 2.22. The normalized spacial score (nSPS) is 9.60. The van der Waals surface area contributed by atoms with Crippen LogP contribution >= 0.6 is 15.9 Å². The largest absolute Gasteiger partial charge is 0.115 e. The Labute approximate surface area is 98.1 Å². The van der Waals surface area contributed by atoms with Crippen LogP contribution < -0.4 is 0 Å². The molecule has 0 nitrogen and oxygen atoms in total. The average Bonchev–Trinajstić information content (AvgIpc) is 2.30. The van der Waals surface area contributed by atoms with Crippen LogP contribution in [0.4, 0.5) is 0 Å². The molecule has 0 saturated heterocycles. The summed E-state index contributed by atoms with van der Waals surface area (Å²) < 4.78 is 1.08. The summed E-state index contributed by atoms with van der Waals surface area (Å²) in [5, 5.41) is 0. The van der Waals surface area contributed by atoms with Crippen LogP contribution in [0.1, 0.15) is 5.56 Å². The molecule has 2 rings (SSSR count). The highest BCUT2D eigenvalue weighted by Gasteiger charge is 1.97. The molecule has 0 N–H and O–H groups in total. The second-order valence-corrected chi connectivity index (χ2v) is 4.15. The molecule has 0 radical (unpaired) electrons. The van der Waals surface area contributed by atoms with Crippen LogP contribution in [-0.4, -0.2) is 0 Å². The van der Waals surface area contributed by atoms with Gasteiger partial charge in [0.15, 0.2) is 0 Å². The van der Waals surface area contributed by atoms with Gasteiger partial charge in [0.2, 0.25) is 0 Å². The molecule has 0 spiro atoms. The zero-order valence-corrected chi connectivity index (χ0v) is 9.66. The van der Waals surface area contributed by atoms with Gasteiger partial charge >= 0.3 is 0 Å². The van der Waals surface area contributed by atoms with Gasteiger partial charge < -0.3 is 0 Å². The zero-order valence-electron chi connectivity index (χ0n) is 8.07. The van der Waals surface area contributed by atoms with Crippen LogP contribution in [0.2, 0.25) is 0 Å². The van der Waals surface area contributed by atoms with Crippen molar-refractivity contribution in [1.29, 1.82) is 0 Å². The number of halogens is 1. The Balaban J connectivity index is 2.46. The lowest BCUT2D eigenvalue weighted by Crippen LogP contribution is -1.79. The van der Waals surface area contributed by atoms with Crippen molar-refractivity contribution in [1.82, 2.24) is 0 Å². The summed E-state index contributed by atoms with van der Waals surface area (Å²) in [4.78, 5) is 0. The lowest BCUT2D eigenvalue weighted by molar-refractivity contribution is 1.58. The Morgan fingerprint density at radius 2 is 1.67 bits per heavy atom. The Morgan fingerprint density at radius 1 is 0.933 bits per heavy atom. The fourth-order valence-corrected chi connectivity index (χ4v) is 1.70.